The van der Waals surface area contributed by atoms with Crippen LogP contribution in [0.2, 0.25) is 0 Å². The van der Waals surface area contributed by atoms with Crippen LogP contribution < -0.4 is 15.4 Å². The summed E-state index contributed by atoms with van der Waals surface area (Å²) in [6, 6.07) is 26.4. The Kier molecular flexibility index (Phi) is 6.83. The van der Waals surface area contributed by atoms with Crippen LogP contribution in [0.1, 0.15) is 26.3 Å². The van der Waals surface area contributed by atoms with Crippen molar-refractivity contribution in [3.05, 3.63) is 124 Å². The van der Waals surface area contributed by atoms with Crippen molar-refractivity contribution in [2.75, 3.05) is 10.6 Å². The zero-order valence-electron chi connectivity index (χ0n) is 18.7. The topological polar surface area (TPSA) is 111 Å². The van der Waals surface area contributed by atoms with Gasteiger partial charge in [0, 0.05) is 34.6 Å². The molecule has 4 aromatic carbocycles. The van der Waals surface area contributed by atoms with E-state index in [4.69, 9.17) is 4.74 Å². The molecule has 0 radical (unpaired) electrons. The lowest BCUT2D eigenvalue weighted by Gasteiger charge is -2.10. The van der Waals surface area contributed by atoms with E-state index in [1.165, 1.54) is 24.3 Å². The highest BCUT2D eigenvalue weighted by atomic mass is 16.6. The van der Waals surface area contributed by atoms with Crippen molar-refractivity contribution >= 4 is 28.9 Å². The Morgan fingerprint density at radius 1 is 0.714 bits per heavy atom. The molecule has 0 saturated heterocycles. The molecule has 0 aliphatic rings. The number of rotatable bonds is 7. The van der Waals surface area contributed by atoms with E-state index in [0.717, 1.165) is 11.3 Å². The number of nitrogens with one attached hydrogen (secondary N) is 2. The number of carbonyl (C=O) groups is 2. The Bertz CT molecular complexity index is 1370. The van der Waals surface area contributed by atoms with Crippen LogP contribution in [0.5, 0.6) is 11.5 Å². The second kappa shape index (κ2) is 10.3. The van der Waals surface area contributed by atoms with Crippen molar-refractivity contribution in [3.8, 4) is 11.5 Å². The highest BCUT2D eigenvalue weighted by Crippen LogP contribution is 2.24. The predicted octanol–water partition coefficient (Wildman–Crippen LogP) is 6.20. The van der Waals surface area contributed by atoms with Gasteiger partial charge in [0.05, 0.1) is 4.92 Å². The molecule has 4 aromatic rings. The molecule has 0 aromatic heterocycles. The van der Waals surface area contributed by atoms with Gasteiger partial charge in [0.25, 0.3) is 17.5 Å². The van der Waals surface area contributed by atoms with Gasteiger partial charge in [0.2, 0.25) is 0 Å². The Balaban J connectivity index is 1.38. The Morgan fingerprint density at radius 3 is 1.91 bits per heavy atom. The number of hydrogen-bond acceptors (Lipinski definition) is 5. The molecule has 4 rings (SSSR count). The minimum absolute atomic E-state index is 0.102. The van der Waals surface area contributed by atoms with Gasteiger partial charge >= 0.3 is 0 Å². The van der Waals surface area contributed by atoms with Crippen LogP contribution in [0.15, 0.2) is 97.1 Å². The van der Waals surface area contributed by atoms with Crippen LogP contribution in [-0.4, -0.2) is 16.7 Å². The van der Waals surface area contributed by atoms with E-state index < -0.39 is 10.8 Å². The van der Waals surface area contributed by atoms with E-state index in [9.17, 15) is 19.7 Å². The fraction of sp³-hybridized carbons (Fsp3) is 0.0370. The first-order valence-electron chi connectivity index (χ1n) is 10.7. The van der Waals surface area contributed by atoms with Crippen molar-refractivity contribution in [2.45, 2.75) is 6.92 Å². The number of carbonyl (C=O) groups excluding carboxylic acids is 2. The van der Waals surface area contributed by atoms with E-state index >= 15 is 0 Å². The summed E-state index contributed by atoms with van der Waals surface area (Å²) >= 11 is 0. The van der Waals surface area contributed by atoms with Crippen LogP contribution in [0.3, 0.4) is 0 Å². The molecule has 2 N–H and O–H groups in total. The second-order valence-corrected chi connectivity index (χ2v) is 7.73. The van der Waals surface area contributed by atoms with Crippen LogP contribution in [0, 0.1) is 17.0 Å². The third-order valence-corrected chi connectivity index (χ3v) is 5.09. The molecule has 0 unspecified atom stereocenters. The summed E-state index contributed by atoms with van der Waals surface area (Å²) < 4.78 is 5.80. The van der Waals surface area contributed by atoms with Crippen LogP contribution in [-0.2, 0) is 0 Å². The SMILES string of the molecule is Cc1ccc(Oc2ccc(NC(=O)c3cccc(NC(=O)c4ccc([N+](=O)[O-])cc4)c3)cc2)cc1. The zero-order valence-corrected chi connectivity index (χ0v) is 18.7. The molecule has 0 saturated carbocycles. The summed E-state index contributed by atoms with van der Waals surface area (Å²) in [6.07, 6.45) is 0. The molecular weight excluding hydrogens is 446 g/mol. The summed E-state index contributed by atoms with van der Waals surface area (Å²) in [5, 5.41) is 16.3. The van der Waals surface area contributed by atoms with Crippen LogP contribution >= 0.6 is 0 Å². The molecule has 174 valence electrons. The lowest BCUT2D eigenvalue weighted by atomic mass is 10.1. The van der Waals surface area contributed by atoms with Gasteiger partial charge in [-0.1, -0.05) is 23.8 Å². The second-order valence-electron chi connectivity index (χ2n) is 7.73. The first kappa shape index (κ1) is 23.2. The van der Waals surface area contributed by atoms with E-state index in [1.807, 2.05) is 31.2 Å². The monoisotopic (exact) mass is 467 g/mol. The molecule has 35 heavy (non-hydrogen) atoms. The Hall–Kier alpha value is -4.98. The third-order valence-electron chi connectivity index (χ3n) is 5.09. The molecule has 0 spiro atoms. The number of non-ortho nitro benzene ring substituents is 1. The van der Waals surface area contributed by atoms with Gasteiger partial charge in [0.1, 0.15) is 11.5 Å². The van der Waals surface area contributed by atoms with Gasteiger partial charge < -0.3 is 15.4 Å². The molecular formula is C27H21N3O5. The minimum atomic E-state index is -0.533. The summed E-state index contributed by atoms with van der Waals surface area (Å²) in [4.78, 5) is 35.4. The summed E-state index contributed by atoms with van der Waals surface area (Å²) in [7, 11) is 0. The molecule has 8 heteroatoms. The highest BCUT2D eigenvalue weighted by molar-refractivity contribution is 6.07. The standard InChI is InChI=1S/C27H21N3O5/c1-18-5-13-24(14-6-18)35-25-15-9-21(10-16-25)28-27(32)20-3-2-4-22(17-20)29-26(31)19-7-11-23(12-8-19)30(33)34/h2-17H,1H3,(H,28,32)(H,29,31). The smallest absolute Gasteiger partial charge is 0.269 e. The molecule has 2 amide bonds. The number of ether oxygens (including phenoxy) is 1. The third kappa shape index (κ3) is 6.08. The van der Waals surface area contributed by atoms with Crippen LogP contribution in [0.25, 0.3) is 0 Å². The maximum absolute atomic E-state index is 12.7. The molecule has 0 aliphatic carbocycles. The molecule has 0 fully saturated rings. The number of amides is 2. The fourth-order valence-electron chi connectivity index (χ4n) is 3.23. The number of aryl methyl sites for hydroxylation is 1. The Labute approximate surface area is 201 Å². The molecule has 0 atom stereocenters. The number of nitrogens with zero attached hydrogens (tertiary/aromatic N) is 1. The molecule has 8 nitrogen and oxygen atoms in total. The molecule has 0 heterocycles. The van der Waals surface area contributed by atoms with Gasteiger partial charge in [-0.2, -0.15) is 0 Å². The average molecular weight is 467 g/mol. The van der Waals surface area contributed by atoms with E-state index in [0.29, 0.717) is 22.7 Å². The van der Waals surface area contributed by atoms with Crippen molar-refractivity contribution in [3.63, 3.8) is 0 Å². The van der Waals surface area contributed by atoms with Crippen molar-refractivity contribution in [2.24, 2.45) is 0 Å². The number of hydrogen-bond donors (Lipinski definition) is 2. The average Bonchev–Trinajstić information content (AvgIpc) is 2.87. The van der Waals surface area contributed by atoms with Gasteiger partial charge in [-0.15, -0.1) is 0 Å². The van der Waals surface area contributed by atoms with Gasteiger partial charge in [0.15, 0.2) is 0 Å². The van der Waals surface area contributed by atoms with Gasteiger partial charge in [-0.3, -0.25) is 19.7 Å². The van der Waals surface area contributed by atoms with Crippen LogP contribution in [0.4, 0.5) is 17.1 Å². The maximum Gasteiger partial charge on any atom is 0.269 e. The first-order chi connectivity index (χ1) is 16.9. The largest absolute Gasteiger partial charge is 0.457 e. The fourth-order valence-corrected chi connectivity index (χ4v) is 3.23. The lowest BCUT2D eigenvalue weighted by molar-refractivity contribution is -0.384. The number of anilines is 2. The quantitative estimate of drug-likeness (QED) is 0.248. The number of benzene rings is 4. The first-order valence-corrected chi connectivity index (χ1v) is 10.7. The van der Waals surface area contributed by atoms with E-state index in [1.54, 1.807) is 48.5 Å². The summed E-state index contributed by atoms with van der Waals surface area (Å²) in [6.45, 7) is 2.00. The number of nitro benzene ring substituents is 1. The van der Waals surface area contributed by atoms with E-state index in [-0.39, 0.29) is 17.2 Å². The summed E-state index contributed by atoms with van der Waals surface area (Å²) in [5.41, 5.74) is 2.67. The Morgan fingerprint density at radius 2 is 1.29 bits per heavy atom. The molecule has 0 bridgehead atoms. The van der Waals surface area contributed by atoms with E-state index in [2.05, 4.69) is 10.6 Å². The highest BCUT2D eigenvalue weighted by Gasteiger charge is 2.12. The van der Waals surface area contributed by atoms with Crippen molar-refractivity contribution in [1.29, 1.82) is 0 Å². The van der Waals surface area contributed by atoms with Crippen molar-refractivity contribution < 1.29 is 19.2 Å². The summed E-state index contributed by atoms with van der Waals surface area (Å²) in [5.74, 6) is 0.577. The normalized spacial score (nSPS) is 10.3. The minimum Gasteiger partial charge on any atom is -0.457 e. The zero-order chi connectivity index (χ0) is 24.8. The van der Waals surface area contributed by atoms with Gasteiger partial charge in [-0.25, -0.2) is 0 Å². The number of nitro groups is 1. The maximum atomic E-state index is 12.7. The van der Waals surface area contributed by atoms with Crippen molar-refractivity contribution in [1.82, 2.24) is 0 Å². The van der Waals surface area contributed by atoms with Gasteiger partial charge in [-0.05, 0) is 73.7 Å². The molecule has 0 aliphatic heterocycles. The lowest BCUT2D eigenvalue weighted by Crippen LogP contribution is -2.14. The predicted molar refractivity (Wildman–Crippen MR) is 133 cm³/mol.